The molecule has 1 aromatic heterocycles. The molecule has 10 heteroatoms. The maximum Gasteiger partial charge on any atom is 0.254 e. The van der Waals surface area contributed by atoms with Gasteiger partial charge in [0.05, 0.1) is 6.20 Å². The summed E-state index contributed by atoms with van der Waals surface area (Å²) in [7, 11) is -3.60. The average Bonchev–Trinajstić information content (AvgIpc) is 3.04. The van der Waals surface area contributed by atoms with Crippen molar-refractivity contribution in [1.29, 1.82) is 0 Å². The first-order chi connectivity index (χ1) is 11.9. The Balaban J connectivity index is 1.68. The molecule has 25 heavy (non-hydrogen) atoms. The molecule has 1 saturated heterocycles. The van der Waals surface area contributed by atoms with Crippen molar-refractivity contribution in [2.24, 2.45) is 0 Å². The first-order valence-electron chi connectivity index (χ1n) is 7.60. The monoisotopic (exact) mass is 400 g/mol. The summed E-state index contributed by atoms with van der Waals surface area (Å²) in [5.41, 5.74) is 1.02. The predicted molar refractivity (Wildman–Crippen MR) is 98.8 cm³/mol. The molecule has 7 nitrogen and oxygen atoms in total. The first-order valence-corrected chi connectivity index (χ1v) is 10.2. The summed E-state index contributed by atoms with van der Waals surface area (Å²) in [6.07, 6.45) is 1.29. The molecule has 0 aliphatic carbocycles. The molecule has 1 fully saturated rings. The van der Waals surface area contributed by atoms with Gasteiger partial charge in [0.1, 0.15) is 0 Å². The number of rotatable bonds is 4. The summed E-state index contributed by atoms with van der Waals surface area (Å²) < 4.78 is 27.0. The highest BCUT2D eigenvalue weighted by Gasteiger charge is 2.30. The molecule has 0 radical (unpaired) electrons. The molecule has 134 valence electrons. The lowest BCUT2D eigenvalue weighted by molar-refractivity contribution is -0.114. The number of piperazine rings is 1. The van der Waals surface area contributed by atoms with Crippen molar-refractivity contribution in [1.82, 2.24) is 9.29 Å². The van der Waals surface area contributed by atoms with Gasteiger partial charge in [0.2, 0.25) is 5.91 Å². The van der Waals surface area contributed by atoms with Crippen molar-refractivity contribution in [2.45, 2.75) is 11.1 Å². The summed E-state index contributed by atoms with van der Waals surface area (Å²) in [4.78, 5) is 17.1. The lowest BCUT2D eigenvalue weighted by atomic mass is 10.2. The van der Waals surface area contributed by atoms with Crippen LogP contribution in [0.25, 0.3) is 0 Å². The third kappa shape index (κ3) is 4.12. The molecule has 2 heterocycles. The zero-order chi connectivity index (χ0) is 18.0. The van der Waals surface area contributed by atoms with E-state index in [9.17, 15) is 13.2 Å². The zero-order valence-corrected chi connectivity index (χ0v) is 15.9. The Hall–Kier alpha value is -1.68. The fraction of sp³-hybridized carbons (Fsp3) is 0.333. The molecular weight excluding hydrogens is 384 g/mol. The van der Waals surface area contributed by atoms with Crippen molar-refractivity contribution in [3.8, 4) is 0 Å². The number of halogens is 1. The van der Waals surface area contributed by atoms with Crippen LogP contribution in [-0.2, 0) is 14.8 Å². The van der Waals surface area contributed by atoms with Gasteiger partial charge in [-0.2, -0.15) is 4.31 Å². The number of benzene rings is 1. The molecule has 0 unspecified atom stereocenters. The summed E-state index contributed by atoms with van der Waals surface area (Å²) in [6, 6.07) is 7.49. The average molecular weight is 401 g/mol. The second-order valence-corrected chi connectivity index (χ2v) is 9.17. The molecule has 0 atom stereocenters. The Kier molecular flexibility index (Phi) is 5.28. The van der Waals surface area contributed by atoms with Crippen molar-refractivity contribution >= 4 is 49.7 Å². The molecule has 2 aromatic rings. The molecule has 1 aromatic carbocycles. The van der Waals surface area contributed by atoms with Crippen LogP contribution in [0.5, 0.6) is 0 Å². The second kappa shape index (κ2) is 7.28. The highest BCUT2D eigenvalue weighted by molar-refractivity contribution is 7.91. The largest absolute Gasteiger partial charge is 0.369 e. The third-order valence-corrected chi connectivity index (χ3v) is 7.29. The van der Waals surface area contributed by atoms with Crippen LogP contribution in [0.1, 0.15) is 6.92 Å². The van der Waals surface area contributed by atoms with Gasteiger partial charge in [-0.1, -0.05) is 22.9 Å². The normalized spacial score (nSPS) is 16.0. The van der Waals surface area contributed by atoms with Crippen LogP contribution in [-0.4, -0.2) is 49.8 Å². The van der Waals surface area contributed by atoms with Crippen LogP contribution in [0.4, 0.5) is 10.8 Å². The maximum atomic E-state index is 12.7. The minimum absolute atomic E-state index is 0.135. The number of hydrogen-bond donors (Lipinski definition) is 1. The van der Waals surface area contributed by atoms with Crippen LogP contribution < -0.4 is 10.2 Å². The van der Waals surface area contributed by atoms with E-state index in [0.717, 1.165) is 17.0 Å². The Morgan fingerprint density at radius 1 is 1.20 bits per heavy atom. The highest BCUT2D eigenvalue weighted by atomic mass is 35.5. The van der Waals surface area contributed by atoms with Crippen LogP contribution in [0.15, 0.2) is 34.7 Å². The molecule has 0 spiro atoms. The topological polar surface area (TPSA) is 82.6 Å². The van der Waals surface area contributed by atoms with E-state index in [1.165, 1.54) is 17.4 Å². The van der Waals surface area contributed by atoms with Gasteiger partial charge < -0.3 is 10.2 Å². The Morgan fingerprint density at radius 3 is 2.44 bits per heavy atom. The van der Waals surface area contributed by atoms with E-state index in [1.54, 1.807) is 0 Å². The van der Waals surface area contributed by atoms with Crippen LogP contribution in [0.3, 0.4) is 0 Å². The number of aromatic nitrogens is 1. The van der Waals surface area contributed by atoms with E-state index < -0.39 is 10.0 Å². The summed E-state index contributed by atoms with van der Waals surface area (Å²) in [5, 5.41) is 3.45. The SMILES string of the molecule is CC(=O)Nc1ncc(S(=O)(=O)N2CCN(c3ccc(Cl)cc3)CC2)s1. The van der Waals surface area contributed by atoms with Crippen molar-refractivity contribution in [3.05, 3.63) is 35.5 Å². The van der Waals surface area contributed by atoms with Crippen LogP contribution in [0.2, 0.25) is 5.02 Å². The molecule has 1 aliphatic rings. The summed E-state index contributed by atoms with van der Waals surface area (Å²) in [6.45, 7) is 3.32. The molecule has 0 saturated carbocycles. The minimum Gasteiger partial charge on any atom is -0.369 e. The third-order valence-electron chi connectivity index (χ3n) is 3.79. The molecule has 1 aliphatic heterocycles. The number of carbonyl (C=O) groups is 1. The number of amides is 1. The van der Waals surface area contributed by atoms with Crippen molar-refractivity contribution < 1.29 is 13.2 Å². The van der Waals surface area contributed by atoms with Crippen LogP contribution >= 0.6 is 22.9 Å². The Labute approximate surface area is 155 Å². The van der Waals surface area contributed by atoms with Gasteiger partial charge in [-0.05, 0) is 24.3 Å². The molecule has 1 amide bonds. The lowest BCUT2D eigenvalue weighted by Gasteiger charge is -2.35. The fourth-order valence-corrected chi connectivity index (χ4v) is 5.33. The maximum absolute atomic E-state index is 12.7. The second-order valence-electron chi connectivity index (χ2n) is 5.53. The van der Waals surface area contributed by atoms with E-state index in [1.807, 2.05) is 24.3 Å². The smallest absolute Gasteiger partial charge is 0.254 e. The zero-order valence-electron chi connectivity index (χ0n) is 13.5. The number of hydrogen-bond acceptors (Lipinski definition) is 6. The number of nitrogens with zero attached hydrogens (tertiary/aromatic N) is 3. The van der Waals surface area contributed by atoms with E-state index in [-0.39, 0.29) is 15.2 Å². The molecule has 3 rings (SSSR count). The van der Waals surface area contributed by atoms with Gasteiger partial charge in [0.25, 0.3) is 10.0 Å². The van der Waals surface area contributed by atoms with Crippen molar-refractivity contribution in [3.63, 3.8) is 0 Å². The van der Waals surface area contributed by atoms with E-state index in [2.05, 4.69) is 15.2 Å². The fourth-order valence-electron chi connectivity index (χ4n) is 2.55. The molecular formula is C15H17ClN4O3S2. The summed E-state index contributed by atoms with van der Waals surface area (Å²) in [5.74, 6) is -0.283. The van der Waals surface area contributed by atoms with Crippen LogP contribution in [0, 0.1) is 0 Å². The van der Waals surface area contributed by atoms with Gasteiger partial charge in [0.15, 0.2) is 9.34 Å². The molecule has 1 N–H and O–H groups in total. The number of carbonyl (C=O) groups excluding carboxylic acids is 1. The first kappa shape index (κ1) is 18.1. The number of sulfonamides is 1. The summed E-state index contributed by atoms with van der Waals surface area (Å²) >= 11 is 6.86. The number of thiazole rings is 1. The quantitative estimate of drug-likeness (QED) is 0.851. The van der Waals surface area contributed by atoms with E-state index in [0.29, 0.717) is 31.2 Å². The van der Waals surface area contributed by atoms with Gasteiger partial charge in [0, 0.05) is 43.8 Å². The number of anilines is 2. The Bertz CT molecular complexity index is 859. The highest BCUT2D eigenvalue weighted by Crippen LogP contribution is 2.27. The Morgan fingerprint density at radius 2 is 1.84 bits per heavy atom. The van der Waals surface area contributed by atoms with E-state index >= 15 is 0 Å². The van der Waals surface area contributed by atoms with Gasteiger partial charge in [-0.3, -0.25) is 4.79 Å². The van der Waals surface area contributed by atoms with Gasteiger partial charge in [-0.15, -0.1) is 0 Å². The predicted octanol–water partition coefficient (Wildman–Crippen LogP) is 2.27. The minimum atomic E-state index is -3.60. The van der Waals surface area contributed by atoms with Gasteiger partial charge in [-0.25, -0.2) is 13.4 Å². The molecule has 0 bridgehead atoms. The standard InChI is InChI=1S/C15H17ClN4O3S2/c1-11(21)18-15-17-10-14(24-15)25(22,23)20-8-6-19(7-9-20)13-4-2-12(16)3-5-13/h2-5,10H,6-9H2,1H3,(H,17,18,21). The lowest BCUT2D eigenvalue weighted by Crippen LogP contribution is -2.48. The van der Waals surface area contributed by atoms with Crippen molar-refractivity contribution in [2.75, 3.05) is 36.4 Å². The van der Waals surface area contributed by atoms with E-state index in [4.69, 9.17) is 11.6 Å². The van der Waals surface area contributed by atoms with Gasteiger partial charge >= 0.3 is 0 Å². The number of nitrogens with one attached hydrogen (secondary N) is 1.